The number of urea groups is 1. The molecule has 1 aromatic heterocycles. The second-order valence-electron chi connectivity index (χ2n) is 7.09. The highest BCUT2D eigenvalue weighted by Gasteiger charge is 2.57. The van der Waals surface area contributed by atoms with Crippen molar-refractivity contribution in [1.82, 2.24) is 20.5 Å². The van der Waals surface area contributed by atoms with Crippen LogP contribution in [-0.2, 0) is 11.3 Å². The zero-order valence-corrected chi connectivity index (χ0v) is 16.8. The van der Waals surface area contributed by atoms with Crippen molar-refractivity contribution in [3.8, 4) is 0 Å². The van der Waals surface area contributed by atoms with E-state index in [1.54, 1.807) is 23.2 Å². The predicted molar refractivity (Wildman–Crippen MR) is 108 cm³/mol. The molecular formula is C22H27FN4O2. The van der Waals surface area contributed by atoms with E-state index < -0.39 is 5.41 Å². The van der Waals surface area contributed by atoms with E-state index in [-0.39, 0.29) is 23.8 Å². The first-order valence-corrected chi connectivity index (χ1v) is 10.1. The summed E-state index contributed by atoms with van der Waals surface area (Å²) in [7, 11) is 0. The molecule has 2 fully saturated rings. The van der Waals surface area contributed by atoms with Crippen molar-refractivity contribution in [2.45, 2.75) is 39.3 Å². The maximum atomic E-state index is 12.9. The molecule has 0 radical (unpaired) electrons. The van der Waals surface area contributed by atoms with Crippen molar-refractivity contribution < 1.29 is 14.0 Å². The fourth-order valence-electron chi connectivity index (χ4n) is 3.89. The molecule has 4 rings (SSSR count). The number of pyridine rings is 1. The number of likely N-dealkylation sites (tertiary alicyclic amines) is 1. The number of carbonyl (C=O) groups excluding carboxylic acids is 2. The third-order valence-corrected chi connectivity index (χ3v) is 5.56. The number of rotatable bonds is 3. The van der Waals surface area contributed by atoms with Gasteiger partial charge >= 0.3 is 6.03 Å². The molecule has 3 heterocycles. The largest absolute Gasteiger partial charge is 0.346 e. The van der Waals surface area contributed by atoms with Gasteiger partial charge in [-0.15, -0.1) is 0 Å². The number of nitrogens with zero attached hydrogens (tertiary/aromatic N) is 2. The van der Waals surface area contributed by atoms with Crippen LogP contribution in [0.3, 0.4) is 0 Å². The van der Waals surface area contributed by atoms with E-state index in [4.69, 9.17) is 0 Å². The Labute approximate surface area is 170 Å². The van der Waals surface area contributed by atoms with Crippen LogP contribution in [0.5, 0.6) is 0 Å². The van der Waals surface area contributed by atoms with E-state index in [0.717, 1.165) is 11.3 Å². The van der Waals surface area contributed by atoms with Gasteiger partial charge in [0.2, 0.25) is 5.91 Å². The minimum atomic E-state index is -0.470. The Morgan fingerprint density at radius 3 is 2.48 bits per heavy atom. The van der Waals surface area contributed by atoms with E-state index in [1.807, 2.05) is 32.0 Å². The lowest BCUT2D eigenvalue weighted by Gasteiger charge is -2.52. The molecule has 6 nitrogen and oxygen atoms in total. The van der Waals surface area contributed by atoms with Gasteiger partial charge in [0.1, 0.15) is 5.82 Å². The number of β-lactam (4-membered cyclic amide) rings is 1. The van der Waals surface area contributed by atoms with Crippen LogP contribution in [0.25, 0.3) is 0 Å². The highest BCUT2D eigenvalue weighted by Crippen LogP contribution is 2.49. The summed E-state index contributed by atoms with van der Waals surface area (Å²) in [6.07, 6.45) is 2.96. The number of hydrogen-bond acceptors (Lipinski definition) is 3. The second kappa shape index (κ2) is 9.03. The maximum absolute atomic E-state index is 12.9. The monoisotopic (exact) mass is 398 g/mol. The molecule has 1 spiro atoms. The average molecular weight is 398 g/mol. The van der Waals surface area contributed by atoms with Gasteiger partial charge in [-0.3, -0.25) is 9.78 Å². The molecule has 154 valence electrons. The number of carbonyl (C=O) groups is 2. The summed E-state index contributed by atoms with van der Waals surface area (Å²) in [5, 5.41) is 5.82. The number of halogens is 1. The van der Waals surface area contributed by atoms with Gasteiger partial charge in [-0.25, -0.2) is 9.18 Å². The maximum Gasteiger partial charge on any atom is 0.317 e. The van der Waals surface area contributed by atoms with Crippen LogP contribution in [0, 0.1) is 11.2 Å². The van der Waals surface area contributed by atoms with Crippen molar-refractivity contribution in [2.24, 2.45) is 5.41 Å². The number of piperidine rings is 1. The van der Waals surface area contributed by atoms with Crippen LogP contribution in [-0.4, -0.2) is 34.9 Å². The molecule has 0 aliphatic carbocycles. The molecule has 2 aliphatic heterocycles. The van der Waals surface area contributed by atoms with E-state index in [9.17, 15) is 14.0 Å². The summed E-state index contributed by atoms with van der Waals surface area (Å²) >= 11 is 0. The quantitative estimate of drug-likeness (QED) is 0.778. The molecule has 7 heteroatoms. The zero-order valence-electron chi connectivity index (χ0n) is 16.8. The second-order valence-corrected chi connectivity index (χ2v) is 7.09. The lowest BCUT2D eigenvalue weighted by molar-refractivity contribution is -0.151. The molecule has 2 saturated heterocycles. The van der Waals surface area contributed by atoms with E-state index in [0.29, 0.717) is 32.5 Å². The Morgan fingerprint density at radius 2 is 1.90 bits per heavy atom. The average Bonchev–Trinajstić information content (AvgIpc) is 2.79. The summed E-state index contributed by atoms with van der Waals surface area (Å²) in [6.45, 7) is 5.38. The van der Waals surface area contributed by atoms with Crippen LogP contribution in [0.4, 0.5) is 9.18 Å². The Bertz CT molecular complexity index is 834. The first-order valence-electron chi connectivity index (χ1n) is 10.1. The highest BCUT2D eigenvalue weighted by atomic mass is 19.1. The normalized spacial score (nSPS) is 19.5. The Hall–Kier alpha value is -2.96. The minimum absolute atomic E-state index is 0.0459. The van der Waals surface area contributed by atoms with Gasteiger partial charge in [-0.05, 0) is 42.7 Å². The summed E-state index contributed by atoms with van der Waals surface area (Å²) < 4.78 is 12.9. The first-order chi connectivity index (χ1) is 14.1. The van der Waals surface area contributed by atoms with E-state index in [1.165, 1.54) is 12.1 Å². The molecule has 3 amide bonds. The van der Waals surface area contributed by atoms with E-state index >= 15 is 0 Å². The summed E-state index contributed by atoms with van der Waals surface area (Å²) in [5.74, 6) is -0.253. The Kier molecular flexibility index (Phi) is 6.46. The van der Waals surface area contributed by atoms with Gasteiger partial charge in [-0.1, -0.05) is 32.0 Å². The fourth-order valence-corrected chi connectivity index (χ4v) is 3.89. The summed E-state index contributed by atoms with van der Waals surface area (Å²) in [4.78, 5) is 30.8. The van der Waals surface area contributed by atoms with Gasteiger partial charge in [0.05, 0.1) is 17.2 Å². The molecule has 1 aromatic carbocycles. The molecular weight excluding hydrogens is 371 g/mol. The number of benzene rings is 1. The van der Waals surface area contributed by atoms with Crippen LogP contribution in [0.1, 0.15) is 44.0 Å². The smallest absolute Gasteiger partial charge is 0.317 e. The van der Waals surface area contributed by atoms with Gasteiger partial charge in [-0.2, -0.15) is 0 Å². The van der Waals surface area contributed by atoms with Gasteiger partial charge in [0.25, 0.3) is 0 Å². The van der Waals surface area contributed by atoms with Gasteiger partial charge in [0, 0.05) is 25.8 Å². The fraction of sp³-hybridized carbons (Fsp3) is 0.409. The SMILES string of the molecule is CC.O=C(NCc1ccc(F)cc1)N1CCC2(CC1)C(=O)NC2c1ccccn1. The van der Waals surface area contributed by atoms with Crippen molar-refractivity contribution in [3.05, 3.63) is 65.7 Å². The van der Waals surface area contributed by atoms with Crippen LogP contribution >= 0.6 is 0 Å². The lowest BCUT2D eigenvalue weighted by Crippen LogP contribution is -2.65. The van der Waals surface area contributed by atoms with Crippen molar-refractivity contribution in [3.63, 3.8) is 0 Å². The van der Waals surface area contributed by atoms with Crippen LogP contribution in [0.2, 0.25) is 0 Å². The predicted octanol–water partition coefficient (Wildman–Crippen LogP) is 3.41. The third kappa shape index (κ3) is 4.23. The highest BCUT2D eigenvalue weighted by molar-refractivity contribution is 5.90. The van der Waals surface area contributed by atoms with Crippen LogP contribution in [0.15, 0.2) is 48.7 Å². The topological polar surface area (TPSA) is 74.3 Å². The standard InChI is InChI=1S/C20H21FN4O2.C2H6/c21-15-6-4-14(5-7-15)13-23-19(27)25-11-8-20(9-12-25)17(24-18(20)26)16-3-1-2-10-22-16;1-2/h1-7,10,17H,8-9,11-13H2,(H,23,27)(H,24,26);1-2H3. The molecule has 0 saturated carbocycles. The molecule has 1 atom stereocenters. The Balaban J connectivity index is 0.00000117. The van der Waals surface area contributed by atoms with Crippen molar-refractivity contribution in [2.75, 3.05) is 13.1 Å². The summed E-state index contributed by atoms with van der Waals surface area (Å²) in [6, 6.07) is 11.5. The molecule has 29 heavy (non-hydrogen) atoms. The van der Waals surface area contributed by atoms with Gasteiger partial charge in [0.15, 0.2) is 0 Å². The molecule has 2 aliphatic rings. The third-order valence-electron chi connectivity index (χ3n) is 5.56. The van der Waals surface area contributed by atoms with Crippen molar-refractivity contribution >= 4 is 11.9 Å². The zero-order chi connectivity index (χ0) is 20.9. The molecule has 0 bridgehead atoms. The molecule has 2 aromatic rings. The number of nitrogens with one attached hydrogen (secondary N) is 2. The Morgan fingerprint density at radius 1 is 1.21 bits per heavy atom. The number of aromatic nitrogens is 1. The van der Waals surface area contributed by atoms with Gasteiger partial charge < -0.3 is 15.5 Å². The van der Waals surface area contributed by atoms with Crippen molar-refractivity contribution in [1.29, 1.82) is 0 Å². The number of amides is 3. The number of hydrogen-bond donors (Lipinski definition) is 2. The van der Waals surface area contributed by atoms with E-state index in [2.05, 4.69) is 15.6 Å². The first kappa shape index (κ1) is 20.8. The minimum Gasteiger partial charge on any atom is -0.346 e. The molecule has 1 unspecified atom stereocenters. The lowest BCUT2D eigenvalue weighted by atomic mass is 9.65. The van der Waals surface area contributed by atoms with Crippen LogP contribution < -0.4 is 10.6 Å². The summed E-state index contributed by atoms with van der Waals surface area (Å²) in [5.41, 5.74) is 1.24. The molecule has 2 N–H and O–H groups in total.